The first-order valence-electron chi connectivity index (χ1n) is 8.72. The van der Waals surface area contributed by atoms with Crippen molar-refractivity contribution >= 4 is 23.6 Å². The third-order valence-electron chi connectivity index (χ3n) is 4.18. The molecule has 1 amide bonds. The van der Waals surface area contributed by atoms with Gasteiger partial charge in [-0.2, -0.15) is 0 Å². The molecule has 2 heterocycles. The van der Waals surface area contributed by atoms with Gasteiger partial charge in [0, 0.05) is 31.3 Å². The molecule has 138 valence electrons. The van der Waals surface area contributed by atoms with Gasteiger partial charge >= 0.3 is 0 Å². The Morgan fingerprint density at radius 1 is 1.11 bits per heavy atom. The zero-order valence-corrected chi connectivity index (χ0v) is 16.0. The Balaban J connectivity index is 1.79. The molecule has 6 nitrogen and oxygen atoms in total. The van der Waals surface area contributed by atoms with E-state index in [-0.39, 0.29) is 11.3 Å². The molecule has 3 aromatic rings. The van der Waals surface area contributed by atoms with E-state index in [0.717, 1.165) is 11.3 Å². The van der Waals surface area contributed by atoms with Crippen LogP contribution in [-0.2, 0) is 12.5 Å². The van der Waals surface area contributed by atoms with Crippen LogP contribution < -0.4 is 5.32 Å². The Morgan fingerprint density at radius 2 is 1.78 bits per heavy atom. The van der Waals surface area contributed by atoms with E-state index in [1.54, 1.807) is 36.6 Å². The molecular weight excluding hydrogens is 338 g/mol. The van der Waals surface area contributed by atoms with Gasteiger partial charge in [0.25, 0.3) is 5.91 Å². The van der Waals surface area contributed by atoms with Crippen molar-refractivity contribution < 1.29 is 4.79 Å². The monoisotopic (exact) mass is 361 g/mol. The standard InChI is InChI=1S/C21H23N5O/c1-21(2,3)16-5-7-17(8-6-16)25-20(27)18-19(24-14-26(18)4)23-13-15-9-11-22-12-10-15/h5-14H,1-4H3,(H,25,27)/b23-13+. The van der Waals surface area contributed by atoms with E-state index in [9.17, 15) is 4.79 Å². The molecule has 0 aliphatic carbocycles. The summed E-state index contributed by atoms with van der Waals surface area (Å²) in [5.41, 5.74) is 3.31. The van der Waals surface area contributed by atoms with Crippen molar-refractivity contribution in [1.29, 1.82) is 0 Å². The lowest BCUT2D eigenvalue weighted by atomic mass is 9.87. The van der Waals surface area contributed by atoms with Crippen LogP contribution in [-0.4, -0.2) is 26.7 Å². The molecule has 0 saturated carbocycles. The van der Waals surface area contributed by atoms with Crippen molar-refractivity contribution in [2.45, 2.75) is 26.2 Å². The van der Waals surface area contributed by atoms with Gasteiger partial charge in [0.05, 0.1) is 6.33 Å². The number of carbonyl (C=O) groups is 1. The first kappa shape index (κ1) is 18.5. The van der Waals surface area contributed by atoms with Crippen LogP contribution in [0.2, 0.25) is 0 Å². The van der Waals surface area contributed by atoms with E-state index < -0.39 is 0 Å². The number of nitrogens with zero attached hydrogens (tertiary/aromatic N) is 4. The van der Waals surface area contributed by atoms with Crippen LogP contribution in [0.5, 0.6) is 0 Å². The molecule has 0 fully saturated rings. The Bertz CT molecular complexity index is 950. The molecule has 0 spiro atoms. The van der Waals surface area contributed by atoms with Gasteiger partial charge < -0.3 is 9.88 Å². The number of hydrogen-bond donors (Lipinski definition) is 1. The van der Waals surface area contributed by atoms with Crippen molar-refractivity contribution in [3.8, 4) is 0 Å². The van der Waals surface area contributed by atoms with Gasteiger partial charge in [-0.3, -0.25) is 9.78 Å². The second kappa shape index (κ2) is 7.53. The number of nitrogens with one attached hydrogen (secondary N) is 1. The molecule has 1 aromatic carbocycles. The van der Waals surface area contributed by atoms with Gasteiger partial charge in [-0.05, 0) is 40.8 Å². The fourth-order valence-electron chi connectivity index (χ4n) is 2.60. The highest BCUT2D eigenvalue weighted by Gasteiger charge is 2.18. The van der Waals surface area contributed by atoms with Gasteiger partial charge in [0.15, 0.2) is 11.5 Å². The Morgan fingerprint density at radius 3 is 2.41 bits per heavy atom. The first-order valence-corrected chi connectivity index (χ1v) is 8.72. The molecule has 0 saturated heterocycles. The van der Waals surface area contributed by atoms with Crippen molar-refractivity contribution in [3.63, 3.8) is 0 Å². The summed E-state index contributed by atoms with van der Waals surface area (Å²) in [6, 6.07) is 11.6. The normalized spacial score (nSPS) is 11.7. The average molecular weight is 361 g/mol. The predicted molar refractivity (Wildman–Crippen MR) is 108 cm³/mol. The van der Waals surface area contributed by atoms with Crippen LogP contribution >= 0.6 is 0 Å². The quantitative estimate of drug-likeness (QED) is 0.711. The van der Waals surface area contributed by atoms with Crippen LogP contribution in [0.3, 0.4) is 0 Å². The fraction of sp³-hybridized carbons (Fsp3) is 0.238. The van der Waals surface area contributed by atoms with E-state index in [1.807, 2.05) is 36.4 Å². The molecule has 3 rings (SSSR count). The van der Waals surface area contributed by atoms with E-state index in [2.05, 4.69) is 41.0 Å². The summed E-state index contributed by atoms with van der Waals surface area (Å²) >= 11 is 0. The maximum absolute atomic E-state index is 12.8. The van der Waals surface area contributed by atoms with Gasteiger partial charge in [-0.25, -0.2) is 9.98 Å². The third-order valence-corrected chi connectivity index (χ3v) is 4.18. The minimum Gasteiger partial charge on any atom is -0.328 e. The van der Waals surface area contributed by atoms with Crippen LogP contribution in [0.1, 0.15) is 42.4 Å². The number of rotatable bonds is 4. The second-order valence-corrected chi connectivity index (χ2v) is 7.35. The van der Waals surface area contributed by atoms with E-state index in [1.165, 1.54) is 5.56 Å². The molecule has 0 unspecified atom stereocenters. The average Bonchev–Trinajstić information content (AvgIpc) is 3.01. The molecule has 0 aliphatic rings. The first-order chi connectivity index (χ1) is 12.8. The van der Waals surface area contributed by atoms with Crippen molar-refractivity contribution in [2.24, 2.45) is 12.0 Å². The smallest absolute Gasteiger partial charge is 0.276 e. The van der Waals surface area contributed by atoms with Crippen LogP contribution in [0, 0.1) is 0 Å². The number of aromatic nitrogens is 3. The molecule has 27 heavy (non-hydrogen) atoms. The summed E-state index contributed by atoms with van der Waals surface area (Å²) in [6.07, 6.45) is 6.62. The van der Waals surface area contributed by atoms with Crippen molar-refractivity contribution in [3.05, 3.63) is 71.9 Å². The number of anilines is 1. The summed E-state index contributed by atoms with van der Waals surface area (Å²) in [5, 5.41) is 2.92. The van der Waals surface area contributed by atoms with E-state index in [0.29, 0.717) is 11.5 Å². The van der Waals surface area contributed by atoms with Crippen LogP contribution in [0.4, 0.5) is 11.5 Å². The Kier molecular flexibility index (Phi) is 5.16. The maximum Gasteiger partial charge on any atom is 0.276 e. The number of aryl methyl sites for hydroxylation is 1. The number of aliphatic imine (C=N–C) groups is 1. The highest BCUT2D eigenvalue weighted by Crippen LogP contribution is 2.24. The topological polar surface area (TPSA) is 72.2 Å². The lowest BCUT2D eigenvalue weighted by Gasteiger charge is -2.19. The largest absolute Gasteiger partial charge is 0.328 e. The number of imidazole rings is 1. The highest BCUT2D eigenvalue weighted by molar-refractivity contribution is 6.06. The van der Waals surface area contributed by atoms with Crippen LogP contribution in [0.25, 0.3) is 0 Å². The van der Waals surface area contributed by atoms with Gasteiger partial charge in [-0.15, -0.1) is 0 Å². The molecule has 0 aliphatic heterocycles. The molecule has 0 bridgehead atoms. The SMILES string of the molecule is Cn1cnc(/N=C/c2ccncc2)c1C(=O)Nc1ccc(C(C)(C)C)cc1. The number of amides is 1. The van der Waals surface area contributed by atoms with E-state index >= 15 is 0 Å². The summed E-state index contributed by atoms with van der Waals surface area (Å²) in [7, 11) is 1.77. The number of carbonyl (C=O) groups excluding carboxylic acids is 1. The number of benzene rings is 1. The van der Waals surface area contributed by atoms with Gasteiger partial charge in [0.2, 0.25) is 0 Å². The summed E-state index contributed by atoms with van der Waals surface area (Å²) < 4.78 is 1.66. The molecule has 0 atom stereocenters. The minimum absolute atomic E-state index is 0.0689. The number of hydrogen-bond acceptors (Lipinski definition) is 4. The Hall–Kier alpha value is -3.28. The van der Waals surface area contributed by atoms with E-state index in [4.69, 9.17) is 0 Å². The van der Waals surface area contributed by atoms with Gasteiger partial charge in [-0.1, -0.05) is 32.9 Å². The minimum atomic E-state index is -0.250. The number of pyridine rings is 1. The predicted octanol–water partition coefficient (Wildman–Crippen LogP) is 4.12. The molecule has 2 aromatic heterocycles. The lowest BCUT2D eigenvalue weighted by molar-refractivity contribution is 0.102. The fourth-order valence-corrected chi connectivity index (χ4v) is 2.60. The Labute approximate surface area is 159 Å². The van der Waals surface area contributed by atoms with Crippen molar-refractivity contribution in [2.75, 3.05) is 5.32 Å². The van der Waals surface area contributed by atoms with Crippen LogP contribution in [0.15, 0.2) is 60.1 Å². The third kappa shape index (κ3) is 4.47. The molecule has 1 N–H and O–H groups in total. The summed E-state index contributed by atoms with van der Waals surface area (Å²) in [6.45, 7) is 6.47. The molecule has 6 heteroatoms. The van der Waals surface area contributed by atoms with Gasteiger partial charge in [0.1, 0.15) is 0 Å². The molecule has 0 radical (unpaired) electrons. The summed E-state index contributed by atoms with van der Waals surface area (Å²) in [4.78, 5) is 25.3. The second-order valence-electron chi connectivity index (χ2n) is 7.35. The molecular formula is C21H23N5O. The summed E-state index contributed by atoms with van der Waals surface area (Å²) in [5.74, 6) is 0.124. The zero-order chi connectivity index (χ0) is 19.4. The highest BCUT2D eigenvalue weighted by atomic mass is 16.2. The zero-order valence-electron chi connectivity index (χ0n) is 16.0. The van der Waals surface area contributed by atoms with Crippen molar-refractivity contribution in [1.82, 2.24) is 14.5 Å². The maximum atomic E-state index is 12.8. The lowest BCUT2D eigenvalue weighted by Crippen LogP contribution is -2.16.